The van der Waals surface area contributed by atoms with Gasteiger partial charge >= 0.3 is 0 Å². The van der Waals surface area contributed by atoms with Crippen molar-refractivity contribution in [1.82, 2.24) is 9.55 Å². The zero-order valence-corrected chi connectivity index (χ0v) is 10.9. The second-order valence-electron chi connectivity index (χ2n) is 3.59. The van der Waals surface area contributed by atoms with Gasteiger partial charge in [-0.05, 0) is 12.8 Å². The van der Waals surface area contributed by atoms with Crippen molar-refractivity contribution in [2.75, 3.05) is 0 Å². The highest BCUT2D eigenvalue weighted by molar-refractivity contribution is 8.93. The molecule has 0 fully saturated rings. The van der Waals surface area contributed by atoms with Gasteiger partial charge in [0, 0.05) is 18.4 Å². The van der Waals surface area contributed by atoms with E-state index in [1.165, 1.54) is 32.1 Å². The van der Waals surface area contributed by atoms with Crippen molar-refractivity contribution in [1.29, 1.82) is 0 Å². The number of hydrogen-bond acceptors (Lipinski definition) is 1. The maximum Gasteiger partial charge on any atom is 0.0948 e. The van der Waals surface area contributed by atoms with E-state index < -0.39 is 0 Å². The summed E-state index contributed by atoms with van der Waals surface area (Å²) in [6.45, 7) is 4.49. The van der Waals surface area contributed by atoms with Gasteiger partial charge in [0.05, 0.1) is 6.33 Å². The van der Waals surface area contributed by atoms with Crippen LogP contribution in [-0.2, 0) is 0 Å². The van der Waals surface area contributed by atoms with Crippen LogP contribution in [0.3, 0.4) is 0 Å². The molecule has 0 aliphatic heterocycles. The van der Waals surface area contributed by atoms with Crippen LogP contribution in [0.5, 0.6) is 0 Å². The molecular formula is C11H21BrN2. The van der Waals surface area contributed by atoms with Gasteiger partial charge in [0.25, 0.3) is 0 Å². The summed E-state index contributed by atoms with van der Waals surface area (Å²) in [5.41, 5.74) is 0. The van der Waals surface area contributed by atoms with Crippen molar-refractivity contribution in [3.63, 3.8) is 0 Å². The molecule has 0 N–H and O–H groups in total. The van der Waals surface area contributed by atoms with Crippen molar-refractivity contribution < 1.29 is 0 Å². The van der Waals surface area contributed by atoms with Crippen LogP contribution in [0.25, 0.3) is 0 Å². The van der Waals surface area contributed by atoms with Gasteiger partial charge in [-0.1, -0.05) is 33.1 Å². The zero-order chi connectivity index (χ0) is 9.52. The van der Waals surface area contributed by atoms with E-state index in [1.54, 1.807) is 0 Å². The molecule has 0 aliphatic rings. The molecule has 0 saturated carbocycles. The molecule has 82 valence electrons. The number of aromatic nitrogens is 2. The van der Waals surface area contributed by atoms with E-state index in [0.29, 0.717) is 6.04 Å². The predicted octanol–water partition coefficient (Wildman–Crippen LogP) is 3.99. The summed E-state index contributed by atoms with van der Waals surface area (Å²) in [5, 5.41) is 0. The monoisotopic (exact) mass is 260 g/mol. The highest BCUT2D eigenvalue weighted by Gasteiger charge is 2.07. The highest BCUT2D eigenvalue weighted by atomic mass is 79.9. The smallest absolute Gasteiger partial charge is 0.0948 e. The molecule has 0 amide bonds. The third-order valence-electron chi connectivity index (χ3n) is 2.46. The molecule has 1 atom stereocenters. The second-order valence-corrected chi connectivity index (χ2v) is 3.59. The number of nitrogens with zero attached hydrogens (tertiary/aromatic N) is 2. The van der Waals surface area contributed by atoms with Gasteiger partial charge in [0.1, 0.15) is 0 Å². The van der Waals surface area contributed by atoms with Crippen LogP contribution in [-0.4, -0.2) is 9.55 Å². The third-order valence-corrected chi connectivity index (χ3v) is 2.46. The molecule has 0 bridgehead atoms. The van der Waals surface area contributed by atoms with Crippen LogP contribution in [0.1, 0.15) is 52.0 Å². The largest absolute Gasteiger partial charge is 0.334 e. The van der Waals surface area contributed by atoms with Gasteiger partial charge in [-0.15, -0.1) is 17.0 Å². The molecule has 1 unspecified atom stereocenters. The van der Waals surface area contributed by atoms with Crippen molar-refractivity contribution in [3.8, 4) is 0 Å². The summed E-state index contributed by atoms with van der Waals surface area (Å²) in [6.07, 6.45) is 12.3. The van der Waals surface area contributed by atoms with E-state index in [2.05, 4.69) is 29.6 Å². The van der Waals surface area contributed by atoms with Crippen LogP contribution in [0, 0.1) is 0 Å². The molecule has 0 radical (unpaired) electrons. The lowest BCUT2D eigenvalue weighted by Crippen LogP contribution is -2.06. The van der Waals surface area contributed by atoms with Crippen LogP contribution in [0.2, 0.25) is 0 Å². The van der Waals surface area contributed by atoms with E-state index in [9.17, 15) is 0 Å². The fourth-order valence-electron chi connectivity index (χ4n) is 1.70. The Morgan fingerprint density at radius 1 is 1.21 bits per heavy atom. The van der Waals surface area contributed by atoms with Gasteiger partial charge in [0.15, 0.2) is 0 Å². The number of rotatable bonds is 6. The Labute approximate surface area is 97.5 Å². The minimum atomic E-state index is 0. The highest BCUT2D eigenvalue weighted by Crippen LogP contribution is 2.19. The molecule has 1 aromatic rings. The molecule has 1 heterocycles. The van der Waals surface area contributed by atoms with Crippen LogP contribution in [0.4, 0.5) is 0 Å². The quantitative estimate of drug-likeness (QED) is 0.757. The molecule has 2 nitrogen and oxygen atoms in total. The molecule has 1 aromatic heterocycles. The first-order valence-electron chi connectivity index (χ1n) is 5.36. The molecule has 0 aromatic carbocycles. The summed E-state index contributed by atoms with van der Waals surface area (Å²) in [5.74, 6) is 0. The summed E-state index contributed by atoms with van der Waals surface area (Å²) in [6, 6.07) is 0.674. The first-order valence-corrected chi connectivity index (χ1v) is 5.36. The average Bonchev–Trinajstić information content (AvgIpc) is 2.65. The first kappa shape index (κ1) is 13.7. The van der Waals surface area contributed by atoms with Crippen molar-refractivity contribution in [2.24, 2.45) is 0 Å². The van der Waals surface area contributed by atoms with Crippen molar-refractivity contribution in [3.05, 3.63) is 18.7 Å². The first-order chi connectivity index (χ1) is 6.38. The molecular weight excluding hydrogens is 240 g/mol. The predicted molar refractivity (Wildman–Crippen MR) is 66.0 cm³/mol. The number of imidazole rings is 1. The Balaban J connectivity index is 0.00000169. The lowest BCUT2D eigenvalue weighted by molar-refractivity contribution is 0.417. The van der Waals surface area contributed by atoms with E-state index in [0.717, 1.165) is 0 Å². The van der Waals surface area contributed by atoms with Gasteiger partial charge < -0.3 is 4.57 Å². The van der Waals surface area contributed by atoms with E-state index >= 15 is 0 Å². The maximum absolute atomic E-state index is 4.10. The van der Waals surface area contributed by atoms with E-state index in [-0.39, 0.29) is 17.0 Å². The van der Waals surface area contributed by atoms with Crippen molar-refractivity contribution >= 4 is 17.0 Å². The lowest BCUT2D eigenvalue weighted by atomic mass is 10.1. The zero-order valence-electron chi connectivity index (χ0n) is 9.15. The number of unbranched alkanes of at least 4 members (excludes halogenated alkanes) is 1. The summed E-state index contributed by atoms with van der Waals surface area (Å²) < 4.78 is 2.25. The molecule has 0 saturated heterocycles. The SMILES string of the molecule is Br.CCCCC(CCC)n1ccnc1. The second kappa shape index (κ2) is 8.04. The molecule has 1 rings (SSSR count). The minimum absolute atomic E-state index is 0. The van der Waals surface area contributed by atoms with Gasteiger partial charge in [0.2, 0.25) is 0 Å². The Bertz CT molecular complexity index is 209. The number of hydrogen-bond donors (Lipinski definition) is 0. The molecule has 0 spiro atoms. The van der Waals surface area contributed by atoms with Crippen LogP contribution in [0.15, 0.2) is 18.7 Å². The Morgan fingerprint density at radius 3 is 2.50 bits per heavy atom. The minimum Gasteiger partial charge on any atom is -0.334 e. The fourth-order valence-corrected chi connectivity index (χ4v) is 1.70. The standard InChI is InChI=1S/C11H20N2.BrH/c1-3-5-7-11(6-4-2)13-9-8-12-10-13;/h8-11H,3-7H2,1-2H3;1H. The number of halogens is 1. The van der Waals surface area contributed by atoms with Crippen LogP contribution < -0.4 is 0 Å². The summed E-state index contributed by atoms with van der Waals surface area (Å²) in [4.78, 5) is 4.10. The fraction of sp³-hybridized carbons (Fsp3) is 0.727. The van der Waals surface area contributed by atoms with E-state index in [1.807, 2.05) is 12.5 Å². The average molecular weight is 261 g/mol. The van der Waals surface area contributed by atoms with E-state index in [4.69, 9.17) is 0 Å². The summed E-state index contributed by atoms with van der Waals surface area (Å²) >= 11 is 0. The molecule has 14 heavy (non-hydrogen) atoms. The third kappa shape index (κ3) is 4.27. The Hall–Kier alpha value is -0.310. The van der Waals surface area contributed by atoms with Gasteiger partial charge in [-0.3, -0.25) is 0 Å². The Morgan fingerprint density at radius 2 is 2.00 bits per heavy atom. The maximum atomic E-state index is 4.10. The topological polar surface area (TPSA) is 17.8 Å². The van der Waals surface area contributed by atoms with Gasteiger partial charge in [-0.2, -0.15) is 0 Å². The molecule has 3 heteroatoms. The van der Waals surface area contributed by atoms with Gasteiger partial charge in [-0.25, -0.2) is 4.98 Å². The molecule has 0 aliphatic carbocycles. The van der Waals surface area contributed by atoms with Crippen LogP contribution >= 0.6 is 17.0 Å². The normalized spacial score (nSPS) is 12.1. The summed E-state index contributed by atoms with van der Waals surface area (Å²) in [7, 11) is 0. The Kier molecular flexibility index (Phi) is 7.86. The van der Waals surface area contributed by atoms with Crippen molar-refractivity contribution in [2.45, 2.75) is 52.0 Å². The lowest BCUT2D eigenvalue weighted by Gasteiger charge is -2.16.